The average molecular weight is 256 g/mol. The lowest BCUT2D eigenvalue weighted by Gasteiger charge is -2.03. The molecule has 0 atom stereocenters. The molecule has 0 saturated carbocycles. The van der Waals surface area contributed by atoms with Gasteiger partial charge in [0.2, 0.25) is 0 Å². The van der Waals surface area contributed by atoms with E-state index in [9.17, 15) is 0 Å². The molecule has 0 fully saturated rings. The van der Waals surface area contributed by atoms with Crippen LogP contribution in [0.4, 0.5) is 0 Å². The van der Waals surface area contributed by atoms with E-state index in [0.717, 1.165) is 44.0 Å². The summed E-state index contributed by atoms with van der Waals surface area (Å²) in [6.45, 7) is 8.36. The molecule has 0 bridgehead atoms. The van der Waals surface area contributed by atoms with Gasteiger partial charge in [0, 0.05) is 19.2 Å². The standard InChI is InChI=1S/C13H24N2O3/c1-3-5-6-16-7-8-17-11-13-9-12(15-18-13)10-14-4-2/h9,14H,3-8,10-11H2,1-2H3. The maximum absolute atomic E-state index is 5.44. The minimum atomic E-state index is 0.455. The summed E-state index contributed by atoms with van der Waals surface area (Å²) in [5, 5.41) is 7.13. The summed E-state index contributed by atoms with van der Waals surface area (Å²) in [4.78, 5) is 0. The van der Waals surface area contributed by atoms with Crippen LogP contribution in [0.2, 0.25) is 0 Å². The Kier molecular flexibility index (Phi) is 8.46. The lowest BCUT2D eigenvalue weighted by Crippen LogP contribution is -2.11. The molecule has 0 radical (unpaired) electrons. The number of aromatic nitrogens is 1. The van der Waals surface area contributed by atoms with Gasteiger partial charge in [0.1, 0.15) is 6.61 Å². The molecule has 0 aliphatic carbocycles. The van der Waals surface area contributed by atoms with E-state index in [0.29, 0.717) is 19.8 Å². The third-order valence-electron chi connectivity index (χ3n) is 2.42. The average Bonchev–Trinajstić information content (AvgIpc) is 2.83. The Morgan fingerprint density at radius 1 is 1.22 bits per heavy atom. The van der Waals surface area contributed by atoms with E-state index in [-0.39, 0.29) is 0 Å². The molecule has 0 amide bonds. The Labute approximate surface area is 109 Å². The van der Waals surface area contributed by atoms with E-state index in [2.05, 4.69) is 24.3 Å². The zero-order valence-corrected chi connectivity index (χ0v) is 11.4. The van der Waals surface area contributed by atoms with Crippen molar-refractivity contribution in [3.63, 3.8) is 0 Å². The quantitative estimate of drug-likeness (QED) is 0.615. The summed E-state index contributed by atoms with van der Waals surface area (Å²) in [6, 6.07) is 1.92. The van der Waals surface area contributed by atoms with Crippen molar-refractivity contribution >= 4 is 0 Å². The van der Waals surface area contributed by atoms with Crippen LogP contribution in [-0.2, 0) is 22.6 Å². The number of ether oxygens (including phenoxy) is 2. The zero-order chi connectivity index (χ0) is 13.1. The lowest BCUT2D eigenvalue weighted by atomic mass is 10.3. The minimum absolute atomic E-state index is 0.455. The predicted octanol–water partition coefficient (Wildman–Crippen LogP) is 2.12. The van der Waals surface area contributed by atoms with Gasteiger partial charge in [-0.3, -0.25) is 0 Å². The Bertz CT molecular complexity index is 302. The Morgan fingerprint density at radius 2 is 2.06 bits per heavy atom. The highest BCUT2D eigenvalue weighted by atomic mass is 16.5. The number of hydrogen-bond acceptors (Lipinski definition) is 5. The van der Waals surface area contributed by atoms with Gasteiger partial charge in [-0.1, -0.05) is 25.4 Å². The van der Waals surface area contributed by atoms with Crippen LogP contribution in [0.1, 0.15) is 38.1 Å². The third-order valence-corrected chi connectivity index (χ3v) is 2.42. The summed E-state index contributed by atoms with van der Waals surface area (Å²) >= 11 is 0. The first kappa shape index (κ1) is 15.1. The topological polar surface area (TPSA) is 56.5 Å². The van der Waals surface area contributed by atoms with Crippen molar-refractivity contribution in [2.75, 3.05) is 26.4 Å². The second-order valence-corrected chi connectivity index (χ2v) is 4.08. The summed E-state index contributed by atoms with van der Waals surface area (Å²) in [5.74, 6) is 0.761. The maximum atomic E-state index is 5.44. The molecule has 0 aromatic carbocycles. The van der Waals surface area contributed by atoms with Crippen LogP contribution in [0.25, 0.3) is 0 Å². The van der Waals surface area contributed by atoms with Crippen molar-refractivity contribution in [2.24, 2.45) is 0 Å². The number of nitrogens with zero attached hydrogens (tertiary/aromatic N) is 1. The molecule has 5 nitrogen and oxygen atoms in total. The molecule has 0 spiro atoms. The van der Waals surface area contributed by atoms with Crippen molar-refractivity contribution in [3.05, 3.63) is 17.5 Å². The molecular weight excluding hydrogens is 232 g/mol. The van der Waals surface area contributed by atoms with Gasteiger partial charge in [0.25, 0.3) is 0 Å². The zero-order valence-electron chi connectivity index (χ0n) is 11.4. The van der Waals surface area contributed by atoms with Crippen molar-refractivity contribution < 1.29 is 14.0 Å². The Balaban J connectivity index is 2.03. The number of rotatable bonds is 11. The van der Waals surface area contributed by atoms with Gasteiger partial charge in [0.05, 0.1) is 18.9 Å². The van der Waals surface area contributed by atoms with Gasteiger partial charge in [0.15, 0.2) is 5.76 Å². The number of nitrogens with one attached hydrogen (secondary N) is 1. The fraction of sp³-hybridized carbons (Fsp3) is 0.769. The van der Waals surface area contributed by atoms with E-state index in [4.69, 9.17) is 14.0 Å². The highest BCUT2D eigenvalue weighted by Gasteiger charge is 2.03. The first-order chi connectivity index (χ1) is 8.86. The molecule has 1 heterocycles. The van der Waals surface area contributed by atoms with Crippen LogP contribution in [0, 0.1) is 0 Å². The Hall–Kier alpha value is -0.910. The highest BCUT2D eigenvalue weighted by Crippen LogP contribution is 2.04. The smallest absolute Gasteiger partial charge is 0.162 e. The van der Waals surface area contributed by atoms with E-state index in [1.807, 2.05) is 6.07 Å². The summed E-state index contributed by atoms with van der Waals surface area (Å²) in [7, 11) is 0. The van der Waals surface area contributed by atoms with Crippen LogP contribution in [-0.4, -0.2) is 31.5 Å². The second-order valence-electron chi connectivity index (χ2n) is 4.08. The second kappa shape index (κ2) is 10.1. The maximum Gasteiger partial charge on any atom is 0.162 e. The molecule has 0 aliphatic rings. The fourth-order valence-corrected chi connectivity index (χ4v) is 1.40. The van der Waals surface area contributed by atoms with Gasteiger partial charge in [-0.2, -0.15) is 0 Å². The molecule has 0 aliphatic heterocycles. The van der Waals surface area contributed by atoms with Crippen LogP contribution >= 0.6 is 0 Å². The van der Waals surface area contributed by atoms with Crippen molar-refractivity contribution in [1.82, 2.24) is 10.5 Å². The van der Waals surface area contributed by atoms with Gasteiger partial charge in [-0.25, -0.2) is 0 Å². The first-order valence-corrected chi connectivity index (χ1v) is 6.67. The largest absolute Gasteiger partial charge is 0.379 e. The third kappa shape index (κ3) is 6.74. The highest BCUT2D eigenvalue weighted by molar-refractivity contribution is 5.04. The van der Waals surface area contributed by atoms with E-state index in [1.165, 1.54) is 0 Å². The molecule has 0 saturated heterocycles. The number of hydrogen-bond donors (Lipinski definition) is 1. The molecule has 1 N–H and O–H groups in total. The van der Waals surface area contributed by atoms with Crippen molar-refractivity contribution in [1.29, 1.82) is 0 Å². The van der Waals surface area contributed by atoms with Gasteiger partial charge >= 0.3 is 0 Å². The number of unbranched alkanes of at least 4 members (excludes halogenated alkanes) is 1. The summed E-state index contributed by atoms with van der Waals surface area (Å²) in [5.41, 5.74) is 0.912. The van der Waals surface area contributed by atoms with Crippen molar-refractivity contribution in [2.45, 2.75) is 39.8 Å². The van der Waals surface area contributed by atoms with Gasteiger partial charge in [-0.15, -0.1) is 0 Å². The Morgan fingerprint density at radius 3 is 2.83 bits per heavy atom. The molecule has 18 heavy (non-hydrogen) atoms. The normalized spacial score (nSPS) is 11.0. The van der Waals surface area contributed by atoms with Crippen molar-refractivity contribution in [3.8, 4) is 0 Å². The molecule has 1 aromatic rings. The molecule has 1 rings (SSSR count). The lowest BCUT2D eigenvalue weighted by molar-refractivity contribution is 0.0323. The first-order valence-electron chi connectivity index (χ1n) is 6.67. The van der Waals surface area contributed by atoms with Crippen LogP contribution in [0.5, 0.6) is 0 Å². The monoisotopic (exact) mass is 256 g/mol. The van der Waals surface area contributed by atoms with Crippen LogP contribution < -0.4 is 5.32 Å². The molecule has 104 valence electrons. The van der Waals surface area contributed by atoms with Crippen LogP contribution in [0.3, 0.4) is 0 Å². The van der Waals surface area contributed by atoms with E-state index >= 15 is 0 Å². The van der Waals surface area contributed by atoms with E-state index < -0.39 is 0 Å². The summed E-state index contributed by atoms with van der Waals surface area (Å²) in [6.07, 6.45) is 2.27. The predicted molar refractivity (Wildman–Crippen MR) is 69.3 cm³/mol. The van der Waals surface area contributed by atoms with E-state index in [1.54, 1.807) is 0 Å². The molecule has 1 aromatic heterocycles. The SMILES string of the molecule is CCCCOCCOCc1cc(CNCC)no1. The molecular formula is C13H24N2O3. The fourth-order valence-electron chi connectivity index (χ4n) is 1.40. The summed E-state index contributed by atoms with van der Waals surface area (Å²) < 4.78 is 16.0. The van der Waals surface area contributed by atoms with Gasteiger partial charge in [-0.05, 0) is 13.0 Å². The van der Waals surface area contributed by atoms with Crippen LogP contribution in [0.15, 0.2) is 10.6 Å². The molecule has 0 unspecified atom stereocenters. The molecule has 5 heteroatoms. The minimum Gasteiger partial charge on any atom is -0.379 e. The van der Waals surface area contributed by atoms with Gasteiger partial charge < -0.3 is 19.3 Å².